The molecule has 0 amide bonds. The van der Waals surface area contributed by atoms with Gasteiger partial charge in [0.25, 0.3) is 0 Å². The smallest absolute Gasteiger partial charge is 0.417 e. The number of hydrogen-bond acceptors (Lipinski definition) is 3. The van der Waals surface area contributed by atoms with Crippen molar-refractivity contribution in [1.82, 2.24) is 0 Å². The fourth-order valence-corrected chi connectivity index (χ4v) is 2.00. The number of alkyl halides is 3. The molecule has 0 radical (unpaired) electrons. The number of oxime groups is 1. The van der Waals surface area contributed by atoms with Gasteiger partial charge in [-0.1, -0.05) is 27.2 Å². The van der Waals surface area contributed by atoms with E-state index in [-0.39, 0.29) is 21.6 Å². The van der Waals surface area contributed by atoms with Crippen molar-refractivity contribution < 1.29 is 22.8 Å². The van der Waals surface area contributed by atoms with Crippen LogP contribution in [0.5, 0.6) is 0 Å². The first-order valence-corrected chi connectivity index (χ1v) is 5.85. The van der Waals surface area contributed by atoms with Gasteiger partial charge in [-0.15, -0.1) is 0 Å². The molecular weight excluding hydrogens is 327 g/mol. The fourth-order valence-electron chi connectivity index (χ4n) is 1.53. The van der Waals surface area contributed by atoms with Crippen molar-refractivity contribution in [2.24, 2.45) is 5.16 Å². The molecule has 1 aromatic heterocycles. The van der Waals surface area contributed by atoms with E-state index in [1.165, 1.54) is 24.3 Å². The van der Waals surface area contributed by atoms with Gasteiger partial charge in [0.1, 0.15) is 17.7 Å². The van der Waals surface area contributed by atoms with Crippen molar-refractivity contribution in [3.63, 3.8) is 0 Å². The van der Waals surface area contributed by atoms with Crippen LogP contribution in [0.1, 0.15) is 11.3 Å². The molecule has 0 unspecified atom stereocenters. The molecule has 1 N–H and O–H groups in total. The molecule has 0 saturated heterocycles. The van der Waals surface area contributed by atoms with Crippen LogP contribution in [0, 0.1) is 0 Å². The molecule has 0 aliphatic rings. The molecule has 2 rings (SSSR count). The molecule has 7 heteroatoms. The summed E-state index contributed by atoms with van der Waals surface area (Å²) in [4.78, 5) is 0. The van der Waals surface area contributed by atoms with Gasteiger partial charge in [0, 0.05) is 10.0 Å². The highest BCUT2D eigenvalue weighted by molar-refractivity contribution is 9.10. The molecule has 19 heavy (non-hydrogen) atoms. The van der Waals surface area contributed by atoms with E-state index in [9.17, 15) is 13.2 Å². The average molecular weight is 334 g/mol. The van der Waals surface area contributed by atoms with Gasteiger partial charge in [0.15, 0.2) is 0 Å². The number of furan rings is 1. The lowest BCUT2D eigenvalue weighted by atomic mass is 10.1. The second kappa shape index (κ2) is 5.08. The van der Waals surface area contributed by atoms with Crippen LogP contribution in [-0.4, -0.2) is 11.4 Å². The maximum atomic E-state index is 12.8. The topological polar surface area (TPSA) is 45.7 Å². The number of nitrogens with zero attached hydrogens (tertiary/aromatic N) is 1. The molecule has 1 aromatic carbocycles. The van der Waals surface area contributed by atoms with Crippen molar-refractivity contribution in [1.29, 1.82) is 0 Å². The van der Waals surface area contributed by atoms with Crippen molar-refractivity contribution in [2.45, 2.75) is 6.18 Å². The van der Waals surface area contributed by atoms with Gasteiger partial charge in [0.05, 0.1) is 5.56 Å². The van der Waals surface area contributed by atoms with Crippen LogP contribution < -0.4 is 0 Å². The Hall–Kier alpha value is -1.76. The standard InChI is InChI=1S/C12H7BrF3NO2/c13-10-3-1-7(5-9(10)12(14,15)16)11-4-2-8(19-11)6-17-18/h1-6,18H/b17-6-. The van der Waals surface area contributed by atoms with Crippen LogP contribution in [0.3, 0.4) is 0 Å². The molecule has 0 atom stereocenters. The fraction of sp³-hybridized carbons (Fsp3) is 0.0833. The van der Waals surface area contributed by atoms with Gasteiger partial charge >= 0.3 is 6.18 Å². The van der Waals surface area contributed by atoms with Gasteiger partial charge in [0.2, 0.25) is 0 Å². The third kappa shape index (κ3) is 2.98. The molecule has 0 aliphatic carbocycles. The van der Waals surface area contributed by atoms with E-state index >= 15 is 0 Å². The van der Waals surface area contributed by atoms with Gasteiger partial charge in [-0.05, 0) is 24.3 Å². The normalized spacial score (nSPS) is 12.2. The highest BCUT2D eigenvalue weighted by Gasteiger charge is 2.33. The van der Waals surface area contributed by atoms with E-state index < -0.39 is 11.7 Å². The average Bonchev–Trinajstić information content (AvgIpc) is 2.77. The van der Waals surface area contributed by atoms with E-state index in [2.05, 4.69) is 21.1 Å². The largest absolute Gasteiger partial charge is 0.455 e. The lowest BCUT2D eigenvalue weighted by molar-refractivity contribution is -0.138. The Labute approximate surface area is 114 Å². The SMILES string of the molecule is O/N=C\c1ccc(-c2ccc(Br)c(C(F)(F)F)c2)o1. The summed E-state index contributed by atoms with van der Waals surface area (Å²) in [6, 6.07) is 6.78. The van der Waals surface area contributed by atoms with E-state index in [1.54, 1.807) is 0 Å². The first-order valence-electron chi connectivity index (χ1n) is 5.06. The maximum absolute atomic E-state index is 12.8. The van der Waals surface area contributed by atoms with Gasteiger partial charge in [-0.2, -0.15) is 13.2 Å². The van der Waals surface area contributed by atoms with Crippen LogP contribution in [0.15, 0.2) is 44.4 Å². The Morgan fingerprint density at radius 2 is 1.95 bits per heavy atom. The van der Waals surface area contributed by atoms with Crippen molar-refractivity contribution in [3.05, 3.63) is 46.1 Å². The minimum atomic E-state index is -4.45. The summed E-state index contributed by atoms with van der Waals surface area (Å²) in [6.45, 7) is 0. The second-order valence-corrected chi connectivity index (χ2v) is 4.49. The molecular formula is C12H7BrF3NO2. The summed E-state index contributed by atoms with van der Waals surface area (Å²) in [5.41, 5.74) is -0.494. The zero-order valence-corrected chi connectivity index (χ0v) is 10.9. The predicted octanol–water partition coefficient (Wildman–Crippen LogP) is 4.54. The number of halogens is 4. The number of hydrogen-bond donors (Lipinski definition) is 1. The summed E-state index contributed by atoms with van der Waals surface area (Å²) >= 11 is 2.86. The Kier molecular flexibility index (Phi) is 3.66. The van der Waals surface area contributed by atoms with Crippen molar-refractivity contribution in [2.75, 3.05) is 0 Å². The van der Waals surface area contributed by atoms with E-state index in [1.807, 2.05) is 0 Å². The molecule has 0 saturated carbocycles. The monoisotopic (exact) mass is 333 g/mol. The third-order valence-electron chi connectivity index (χ3n) is 2.37. The second-order valence-electron chi connectivity index (χ2n) is 3.64. The van der Waals surface area contributed by atoms with Crippen LogP contribution in [0.2, 0.25) is 0 Å². The van der Waals surface area contributed by atoms with Gasteiger partial charge < -0.3 is 9.62 Å². The maximum Gasteiger partial charge on any atom is 0.417 e. The predicted molar refractivity (Wildman–Crippen MR) is 66.2 cm³/mol. The highest BCUT2D eigenvalue weighted by Crippen LogP contribution is 2.37. The molecule has 2 aromatic rings. The zero-order chi connectivity index (χ0) is 14.0. The lowest BCUT2D eigenvalue weighted by Gasteiger charge is -2.10. The first kappa shape index (κ1) is 13.7. The molecule has 100 valence electrons. The summed E-state index contributed by atoms with van der Waals surface area (Å²) in [6.07, 6.45) is -3.40. The summed E-state index contributed by atoms with van der Waals surface area (Å²) in [5, 5.41) is 11.1. The van der Waals surface area contributed by atoms with Gasteiger partial charge in [-0.25, -0.2) is 0 Å². The Morgan fingerprint density at radius 1 is 1.21 bits per heavy atom. The van der Waals surface area contributed by atoms with Crippen LogP contribution in [0.25, 0.3) is 11.3 Å². The van der Waals surface area contributed by atoms with E-state index in [0.717, 1.165) is 12.3 Å². The Bertz CT molecular complexity index is 620. The van der Waals surface area contributed by atoms with Crippen LogP contribution in [0.4, 0.5) is 13.2 Å². The lowest BCUT2D eigenvalue weighted by Crippen LogP contribution is -2.05. The number of benzene rings is 1. The molecule has 0 fully saturated rings. The van der Waals surface area contributed by atoms with E-state index in [0.29, 0.717) is 0 Å². The van der Waals surface area contributed by atoms with Crippen LogP contribution >= 0.6 is 15.9 Å². The summed E-state index contributed by atoms with van der Waals surface area (Å²) in [7, 11) is 0. The van der Waals surface area contributed by atoms with Crippen LogP contribution in [-0.2, 0) is 6.18 Å². The molecule has 3 nitrogen and oxygen atoms in total. The minimum Gasteiger partial charge on any atom is -0.455 e. The quantitative estimate of drug-likeness (QED) is 0.498. The zero-order valence-electron chi connectivity index (χ0n) is 9.28. The third-order valence-corrected chi connectivity index (χ3v) is 3.06. The van der Waals surface area contributed by atoms with Crippen molar-refractivity contribution >= 4 is 22.1 Å². The molecule has 1 heterocycles. The minimum absolute atomic E-state index is 0.0348. The first-order chi connectivity index (χ1) is 8.91. The Balaban J connectivity index is 2.45. The van der Waals surface area contributed by atoms with Gasteiger partial charge in [-0.3, -0.25) is 0 Å². The van der Waals surface area contributed by atoms with Crippen molar-refractivity contribution in [3.8, 4) is 11.3 Å². The highest BCUT2D eigenvalue weighted by atomic mass is 79.9. The summed E-state index contributed by atoms with van der Waals surface area (Å²) in [5.74, 6) is 0.502. The van der Waals surface area contributed by atoms with E-state index in [4.69, 9.17) is 9.62 Å². The summed E-state index contributed by atoms with van der Waals surface area (Å²) < 4.78 is 43.5. The molecule has 0 spiro atoms. The Morgan fingerprint density at radius 3 is 2.58 bits per heavy atom. The molecule has 0 bridgehead atoms. The molecule has 0 aliphatic heterocycles. The number of rotatable bonds is 2.